The Morgan fingerprint density at radius 1 is 1.12 bits per heavy atom. The molecule has 4 nitrogen and oxygen atoms in total. The third-order valence-electron chi connectivity index (χ3n) is 3.27. The summed E-state index contributed by atoms with van der Waals surface area (Å²) in [7, 11) is 0. The average Bonchev–Trinajstić information content (AvgIpc) is 2.34. The van der Waals surface area contributed by atoms with Crippen molar-refractivity contribution in [2.24, 2.45) is 5.73 Å². The van der Waals surface area contributed by atoms with Crippen LogP contribution in [0, 0.1) is 0 Å². The van der Waals surface area contributed by atoms with Crippen molar-refractivity contribution in [1.82, 2.24) is 4.90 Å². The topological polar surface area (TPSA) is 58.7 Å². The molecule has 0 unspecified atom stereocenters. The van der Waals surface area contributed by atoms with Crippen LogP contribution in [0.3, 0.4) is 0 Å². The van der Waals surface area contributed by atoms with E-state index in [2.05, 4.69) is 4.90 Å². The zero-order chi connectivity index (χ0) is 11.6. The second-order valence-electron chi connectivity index (χ2n) is 4.45. The fourth-order valence-corrected chi connectivity index (χ4v) is 2.44. The van der Waals surface area contributed by atoms with Crippen molar-refractivity contribution in [3.63, 3.8) is 0 Å². The monoisotopic (exact) mass is 230 g/mol. The molecule has 1 aliphatic rings. The maximum atomic E-state index is 8.62. The van der Waals surface area contributed by atoms with Gasteiger partial charge in [-0.3, -0.25) is 4.90 Å². The molecule has 96 valence electrons. The predicted octanol–water partition coefficient (Wildman–Crippen LogP) is 0.589. The molecular formula is C12H26N2O2. The highest BCUT2D eigenvalue weighted by molar-refractivity contribution is 4.75. The van der Waals surface area contributed by atoms with Crippen molar-refractivity contribution in [3.8, 4) is 0 Å². The molecule has 1 saturated carbocycles. The number of rotatable bonds is 8. The highest BCUT2D eigenvalue weighted by Gasteiger charge is 2.19. The van der Waals surface area contributed by atoms with Gasteiger partial charge in [0.2, 0.25) is 0 Å². The van der Waals surface area contributed by atoms with Crippen LogP contribution in [0.1, 0.15) is 32.1 Å². The summed E-state index contributed by atoms with van der Waals surface area (Å²) < 4.78 is 5.32. The smallest absolute Gasteiger partial charge is 0.0698 e. The van der Waals surface area contributed by atoms with Crippen LogP contribution in [0.4, 0.5) is 0 Å². The summed E-state index contributed by atoms with van der Waals surface area (Å²) >= 11 is 0. The molecule has 0 saturated heterocycles. The summed E-state index contributed by atoms with van der Waals surface area (Å²) in [6.07, 6.45) is 6.69. The summed E-state index contributed by atoms with van der Waals surface area (Å²) in [4.78, 5) is 2.45. The van der Waals surface area contributed by atoms with Crippen LogP contribution < -0.4 is 5.73 Å². The van der Waals surface area contributed by atoms with E-state index in [0.29, 0.717) is 19.3 Å². The van der Waals surface area contributed by atoms with Crippen LogP contribution in [0.25, 0.3) is 0 Å². The van der Waals surface area contributed by atoms with Crippen molar-refractivity contribution < 1.29 is 9.84 Å². The van der Waals surface area contributed by atoms with E-state index in [9.17, 15) is 0 Å². The van der Waals surface area contributed by atoms with Gasteiger partial charge in [-0.15, -0.1) is 0 Å². The van der Waals surface area contributed by atoms with Gasteiger partial charge in [0.15, 0.2) is 0 Å². The molecule has 0 atom stereocenters. The quantitative estimate of drug-likeness (QED) is 0.599. The van der Waals surface area contributed by atoms with E-state index < -0.39 is 0 Å². The van der Waals surface area contributed by atoms with E-state index in [1.54, 1.807) is 0 Å². The van der Waals surface area contributed by atoms with E-state index in [-0.39, 0.29) is 6.61 Å². The summed E-state index contributed by atoms with van der Waals surface area (Å²) in [6, 6.07) is 0.704. The van der Waals surface area contributed by atoms with Crippen molar-refractivity contribution in [2.45, 2.75) is 38.1 Å². The Morgan fingerprint density at radius 3 is 2.50 bits per heavy atom. The number of nitrogens with zero attached hydrogens (tertiary/aromatic N) is 1. The van der Waals surface area contributed by atoms with Gasteiger partial charge in [0.1, 0.15) is 0 Å². The zero-order valence-electron chi connectivity index (χ0n) is 10.2. The van der Waals surface area contributed by atoms with E-state index >= 15 is 0 Å². The third kappa shape index (κ3) is 5.25. The average molecular weight is 230 g/mol. The lowest BCUT2D eigenvalue weighted by Gasteiger charge is -2.34. The molecule has 3 N–H and O–H groups in total. The largest absolute Gasteiger partial charge is 0.394 e. The minimum atomic E-state index is 0.111. The maximum Gasteiger partial charge on any atom is 0.0698 e. The molecule has 0 spiro atoms. The lowest BCUT2D eigenvalue weighted by Crippen LogP contribution is -2.42. The second kappa shape index (κ2) is 8.93. The summed E-state index contributed by atoms with van der Waals surface area (Å²) in [5, 5.41) is 8.62. The first-order valence-corrected chi connectivity index (χ1v) is 6.51. The molecule has 1 rings (SSSR count). The van der Waals surface area contributed by atoms with Crippen LogP contribution in [-0.4, -0.2) is 55.5 Å². The van der Waals surface area contributed by atoms with Crippen molar-refractivity contribution in [2.75, 3.05) is 39.5 Å². The summed E-state index contributed by atoms with van der Waals surface area (Å²) in [5.41, 5.74) is 5.64. The highest BCUT2D eigenvalue weighted by atomic mass is 16.5. The lowest BCUT2D eigenvalue weighted by molar-refractivity contribution is 0.0577. The minimum Gasteiger partial charge on any atom is -0.394 e. The number of hydrogen-bond acceptors (Lipinski definition) is 4. The van der Waals surface area contributed by atoms with Gasteiger partial charge >= 0.3 is 0 Å². The molecule has 0 radical (unpaired) electrons. The normalized spacial score (nSPS) is 18.2. The van der Waals surface area contributed by atoms with Gasteiger partial charge < -0.3 is 15.6 Å². The Hall–Kier alpha value is -0.160. The fraction of sp³-hybridized carbons (Fsp3) is 1.00. The second-order valence-corrected chi connectivity index (χ2v) is 4.45. The molecule has 16 heavy (non-hydrogen) atoms. The van der Waals surface area contributed by atoms with Crippen LogP contribution in [0.5, 0.6) is 0 Å². The molecule has 0 aromatic rings. The van der Waals surface area contributed by atoms with Gasteiger partial charge in [-0.1, -0.05) is 19.3 Å². The van der Waals surface area contributed by atoms with E-state index in [1.807, 2.05) is 0 Å². The molecule has 4 heteroatoms. The van der Waals surface area contributed by atoms with Gasteiger partial charge in [-0.25, -0.2) is 0 Å². The van der Waals surface area contributed by atoms with E-state index in [0.717, 1.165) is 19.6 Å². The van der Waals surface area contributed by atoms with Crippen LogP contribution >= 0.6 is 0 Å². The molecule has 0 bridgehead atoms. The fourth-order valence-electron chi connectivity index (χ4n) is 2.44. The van der Waals surface area contributed by atoms with Gasteiger partial charge in [-0.05, 0) is 12.8 Å². The molecule has 0 amide bonds. The molecule has 1 aliphatic carbocycles. The SMILES string of the molecule is NCCN(CCOCCO)C1CCCCC1. The number of nitrogens with two attached hydrogens (primary N) is 1. The number of hydrogen-bond donors (Lipinski definition) is 2. The summed E-state index contributed by atoms with van der Waals surface area (Å²) in [6.45, 7) is 3.89. The van der Waals surface area contributed by atoms with Crippen molar-refractivity contribution >= 4 is 0 Å². The first-order valence-electron chi connectivity index (χ1n) is 6.51. The predicted molar refractivity (Wildman–Crippen MR) is 65.4 cm³/mol. The Morgan fingerprint density at radius 2 is 1.88 bits per heavy atom. The molecule has 0 aromatic heterocycles. The first-order chi connectivity index (χ1) is 7.88. The Kier molecular flexibility index (Phi) is 7.76. The van der Waals surface area contributed by atoms with E-state index in [1.165, 1.54) is 32.1 Å². The lowest BCUT2D eigenvalue weighted by atomic mass is 9.94. The third-order valence-corrected chi connectivity index (χ3v) is 3.27. The molecule has 0 aromatic carbocycles. The van der Waals surface area contributed by atoms with Crippen molar-refractivity contribution in [1.29, 1.82) is 0 Å². The zero-order valence-corrected chi connectivity index (χ0v) is 10.2. The van der Waals surface area contributed by atoms with Crippen LogP contribution in [0.2, 0.25) is 0 Å². The number of ether oxygens (including phenoxy) is 1. The molecular weight excluding hydrogens is 204 g/mol. The van der Waals surface area contributed by atoms with Gasteiger partial charge in [0.25, 0.3) is 0 Å². The van der Waals surface area contributed by atoms with Gasteiger partial charge in [0, 0.05) is 25.7 Å². The molecule has 0 aliphatic heterocycles. The molecule has 0 heterocycles. The Balaban J connectivity index is 2.22. The Labute approximate surface area is 98.8 Å². The summed E-state index contributed by atoms with van der Waals surface area (Å²) in [5.74, 6) is 0. The van der Waals surface area contributed by atoms with E-state index in [4.69, 9.17) is 15.6 Å². The van der Waals surface area contributed by atoms with Gasteiger partial charge in [0.05, 0.1) is 19.8 Å². The van der Waals surface area contributed by atoms with Crippen LogP contribution in [0.15, 0.2) is 0 Å². The molecule has 1 fully saturated rings. The highest BCUT2D eigenvalue weighted by Crippen LogP contribution is 2.22. The number of aliphatic hydroxyl groups excluding tert-OH is 1. The standard InChI is InChI=1S/C12H26N2O2/c13-6-7-14(8-10-16-11-9-15)12-4-2-1-3-5-12/h12,15H,1-11,13H2. The van der Waals surface area contributed by atoms with Crippen molar-refractivity contribution in [3.05, 3.63) is 0 Å². The first kappa shape index (κ1) is 13.9. The van der Waals surface area contributed by atoms with Crippen LogP contribution in [-0.2, 0) is 4.74 Å². The number of aliphatic hydroxyl groups is 1. The van der Waals surface area contributed by atoms with Gasteiger partial charge in [-0.2, -0.15) is 0 Å². The maximum absolute atomic E-state index is 8.62. The minimum absolute atomic E-state index is 0.111. The Bertz CT molecular complexity index is 161.